The van der Waals surface area contributed by atoms with Crippen LogP contribution < -0.4 is 10.1 Å². The largest absolute Gasteiger partial charge is 0.492 e. The van der Waals surface area contributed by atoms with Crippen LogP contribution in [0.5, 0.6) is 5.75 Å². The maximum absolute atomic E-state index is 13.2. The Hall–Kier alpha value is -2.92. The minimum atomic E-state index is -0.334. The minimum Gasteiger partial charge on any atom is -0.492 e. The Labute approximate surface area is 171 Å². The van der Waals surface area contributed by atoms with Gasteiger partial charge in [-0.05, 0) is 57.6 Å². The summed E-state index contributed by atoms with van der Waals surface area (Å²) < 4.78 is 5.82. The van der Waals surface area contributed by atoms with Crippen molar-refractivity contribution in [3.63, 3.8) is 0 Å². The zero-order valence-electron chi connectivity index (χ0n) is 17.2. The predicted octanol–water partition coefficient (Wildman–Crippen LogP) is 3.90. The van der Waals surface area contributed by atoms with Crippen LogP contribution in [0, 0.1) is 6.92 Å². The lowest BCUT2D eigenvalue weighted by molar-refractivity contribution is 0.0930. The molecule has 1 aliphatic carbocycles. The van der Waals surface area contributed by atoms with Gasteiger partial charge in [0.2, 0.25) is 0 Å². The Morgan fingerprint density at radius 1 is 1.17 bits per heavy atom. The first kappa shape index (κ1) is 19.4. The molecule has 1 saturated carbocycles. The van der Waals surface area contributed by atoms with Gasteiger partial charge in [-0.3, -0.25) is 9.78 Å². The Morgan fingerprint density at radius 2 is 1.97 bits per heavy atom. The summed E-state index contributed by atoms with van der Waals surface area (Å²) in [6, 6.07) is 15.9. The lowest BCUT2D eigenvalue weighted by Gasteiger charge is -2.20. The van der Waals surface area contributed by atoms with E-state index in [1.807, 2.05) is 57.5 Å². The number of benzene rings is 2. The van der Waals surface area contributed by atoms with E-state index in [1.165, 1.54) is 0 Å². The highest BCUT2D eigenvalue weighted by Crippen LogP contribution is 2.47. The van der Waals surface area contributed by atoms with Crippen molar-refractivity contribution in [2.45, 2.75) is 25.3 Å². The molecule has 3 aromatic rings. The maximum atomic E-state index is 13.2. The number of carbonyl (C=O) groups is 1. The van der Waals surface area contributed by atoms with Crippen molar-refractivity contribution < 1.29 is 9.53 Å². The molecule has 0 atom stereocenters. The monoisotopic (exact) mass is 389 g/mol. The molecule has 0 radical (unpaired) electrons. The zero-order chi connectivity index (χ0) is 20.4. The second-order valence-electron chi connectivity index (χ2n) is 8.05. The maximum Gasteiger partial charge on any atom is 0.252 e. The summed E-state index contributed by atoms with van der Waals surface area (Å²) in [6.45, 7) is 3.37. The van der Waals surface area contributed by atoms with Crippen LogP contribution in [0.15, 0.2) is 54.7 Å². The molecule has 29 heavy (non-hydrogen) atoms. The van der Waals surface area contributed by atoms with E-state index >= 15 is 0 Å². The quantitative estimate of drug-likeness (QED) is 0.666. The van der Waals surface area contributed by atoms with Crippen LogP contribution in [-0.4, -0.2) is 43.0 Å². The lowest BCUT2D eigenvalue weighted by atomic mass is 9.99. The first-order chi connectivity index (χ1) is 14.0. The topological polar surface area (TPSA) is 54.5 Å². The van der Waals surface area contributed by atoms with Crippen LogP contribution in [0.2, 0.25) is 0 Å². The molecule has 0 saturated heterocycles. The van der Waals surface area contributed by atoms with Gasteiger partial charge in [-0.15, -0.1) is 0 Å². The summed E-state index contributed by atoms with van der Waals surface area (Å²) in [4.78, 5) is 19.8. The number of likely N-dealkylation sites (N-methyl/N-ethyl adjacent to an activating group) is 1. The molecule has 1 heterocycles. The van der Waals surface area contributed by atoms with Gasteiger partial charge in [0, 0.05) is 29.3 Å². The summed E-state index contributed by atoms with van der Waals surface area (Å²) >= 11 is 0. The van der Waals surface area contributed by atoms with E-state index in [-0.39, 0.29) is 11.4 Å². The molecule has 5 heteroatoms. The number of hydrogen-bond acceptors (Lipinski definition) is 4. The highest BCUT2D eigenvalue weighted by atomic mass is 16.5. The molecule has 1 fully saturated rings. The van der Waals surface area contributed by atoms with Crippen molar-refractivity contribution >= 4 is 16.8 Å². The van der Waals surface area contributed by atoms with E-state index < -0.39 is 0 Å². The molecule has 1 aromatic heterocycles. The zero-order valence-corrected chi connectivity index (χ0v) is 17.2. The van der Waals surface area contributed by atoms with Gasteiger partial charge in [0.05, 0.1) is 11.1 Å². The Balaban J connectivity index is 1.56. The minimum absolute atomic E-state index is 0.0639. The van der Waals surface area contributed by atoms with Gasteiger partial charge in [0.25, 0.3) is 5.91 Å². The van der Waals surface area contributed by atoms with Crippen molar-refractivity contribution in [3.8, 4) is 5.75 Å². The van der Waals surface area contributed by atoms with Gasteiger partial charge in [0.15, 0.2) is 0 Å². The van der Waals surface area contributed by atoms with Crippen molar-refractivity contribution in [2.75, 3.05) is 27.2 Å². The standard InChI is InChI=1S/C24H27N3O2/c1-17-9-10-19(29-15-14-27(2)3)16-20(17)23(28)26-24(11-12-24)21-8-4-6-18-7-5-13-25-22(18)21/h4-10,13,16H,11-12,14-15H2,1-3H3,(H,26,28). The van der Waals surface area contributed by atoms with E-state index in [0.717, 1.165) is 47.2 Å². The Morgan fingerprint density at radius 3 is 2.72 bits per heavy atom. The van der Waals surface area contributed by atoms with Crippen LogP contribution in [0.25, 0.3) is 10.9 Å². The number of carbonyl (C=O) groups excluding carboxylic acids is 1. The smallest absolute Gasteiger partial charge is 0.252 e. The molecule has 4 rings (SSSR count). The third-order valence-corrected chi connectivity index (χ3v) is 5.51. The summed E-state index contributed by atoms with van der Waals surface area (Å²) in [7, 11) is 4.02. The van der Waals surface area contributed by atoms with Gasteiger partial charge in [-0.1, -0.05) is 30.3 Å². The molecule has 1 N–H and O–H groups in total. The highest BCUT2D eigenvalue weighted by Gasteiger charge is 2.47. The highest BCUT2D eigenvalue weighted by molar-refractivity contribution is 5.97. The lowest BCUT2D eigenvalue weighted by Crippen LogP contribution is -2.35. The fourth-order valence-electron chi connectivity index (χ4n) is 3.64. The molecule has 5 nitrogen and oxygen atoms in total. The number of aromatic nitrogens is 1. The predicted molar refractivity (Wildman–Crippen MR) is 115 cm³/mol. The molecular formula is C24H27N3O2. The number of hydrogen-bond donors (Lipinski definition) is 1. The van der Waals surface area contributed by atoms with Gasteiger partial charge in [-0.25, -0.2) is 0 Å². The van der Waals surface area contributed by atoms with E-state index in [0.29, 0.717) is 12.2 Å². The molecule has 150 valence electrons. The van der Waals surface area contributed by atoms with Gasteiger partial charge >= 0.3 is 0 Å². The number of nitrogens with one attached hydrogen (secondary N) is 1. The molecule has 0 bridgehead atoms. The average molecular weight is 389 g/mol. The summed E-state index contributed by atoms with van der Waals surface area (Å²) in [6.07, 6.45) is 3.65. The number of fused-ring (bicyclic) bond motifs is 1. The first-order valence-corrected chi connectivity index (χ1v) is 10.0. The second kappa shape index (κ2) is 7.84. The fraction of sp³-hybridized carbons (Fsp3) is 0.333. The van der Waals surface area contributed by atoms with E-state index in [4.69, 9.17) is 4.74 Å². The van der Waals surface area contributed by atoms with Crippen LogP contribution in [0.1, 0.15) is 34.3 Å². The molecular weight excluding hydrogens is 362 g/mol. The number of pyridine rings is 1. The molecule has 1 amide bonds. The van der Waals surface area contributed by atoms with Crippen molar-refractivity contribution in [3.05, 3.63) is 71.4 Å². The summed E-state index contributed by atoms with van der Waals surface area (Å²) in [5.74, 6) is 0.658. The molecule has 1 aliphatic rings. The number of rotatable bonds is 7. The van der Waals surface area contributed by atoms with Gasteiger partial charge in [0.1, 0.15) is 12.4 Å². The molecule has 2 aromatic carbocycles. The average Bonchev–Trinajstić information content (AvgIpc) is 3.49. The van der Waals surface area contributed by atoms with Crippen LogP contribution in [0.3, 0.4) is 0 Å². The number of ether oxygens (including phenoxy) is 1. The van der Waals surface area contributed by atoms with Crippen molar-refractivity contribution in [1.82, 2.24) is 15.2 Å². The Kier molecular flexibility index (Phi) is 5.24. The number of para-hydroxylation sites is 1. The van der Waals surface area contributed by atoms with Crippen molar-refractivity contribution in [1.29, 1.82) is 0 Å². The number of aryl methyl sites for hydroxylation is 1. The second-order valence-corrected chi connectivity index (χ2v) is 8.05. The van der Waals surface area contributed by atoms with Crippen LogP contribution in [0.4, 0.5) is 0 Å². The fourth-order valence-corrected chi connectivity index (χ4v) is 3.64. The first-order valence-electron chi connectivity index (χ1n) is 10.0. The van der Waals surface area contributed by atoms with Crippen molar-refractivity contribution in [2.24, 2.45) is 0 Å². The van der Waals surface area contributed by atoms with E-state index in [2.05, 4.69) is 33.4 Å². The number of amides is 1. The van der Waals surface area contributed by atoms with Crippen LogP contribution >= 0.6 is 0 Å². The van der Waals surface area contributed by atoms with Gasteiger partial charge < -0.3 is 15.0 Å². The number of nitrogens with zero attached hydrogens (tertiary/aromatic N) is 2. The summed E-state index contributed by atoms with van der Waals surface area (Å²) in [5, 5.41) is 4.39. The summed E-state index contributed by atoms with van der Waals surface area (Å²) in [5.41, 5.74) is 3.32. The van der Waals surface area contributed by atoms with E-state index in [9.17, 15) is 4.79 Å². The SMILES string of the molecule is Cc1ccc(OCCN(C)C)cc1C(=O)NC1(c2cccc3cccnc23)CC1. The van der Waals surface area contributed by atoms with Gasteiger partial charge in [-0.2, -0.15) is 0 Å². The van der Waals surface area contributed by atoms with Crippen LogP contribution in [-0.2, 0) is 5.54 Å². The molecule has 0 spiro atoms. The third kappa shape index (κ3) is 4.10. The molecule has 0 unspecified atom stereocenters. The molecule has 0 aliphatic heterocycles. The Bertz CT molecular complexity index is 1040. The third-order valence-electron chi connectivity index (χ3n) is 5.51. The van der Waals surface area contributed by atoms with E-state index in [1.54, 1.807) is 0 Å². The normalized spacial score (nSPS) is 14.8.